The fraction of sp³-hybridized carbons (Fsp3) is 0.381. The highest BCUT2D eigenvalue weighted by molar-refractivity contribution is 5.80. The molecule has 0 aliphatic heterocycles. The van der Waals surface area contributed by atoms with Crippen molar-refractivity contribution in [3.63, 3.8) is 0 Å². The molecule has 27 heavy (non-hydrogen) atoms. The monoisotopic (exact) mass is 373 g/mol. The van der Waals surface area contributed by atoms with Crippen LogP contribution in [0.15, 0.2) is 41.4 Å². The Morgan fingerprint density at radius 3 is 2.48 bits per heavy atom. The first-order valence-corrected chi connectivity index (χ1v) is 8.92. The molecule has 2 N–H and O–H groups in total. The van der Waals surface area contributed by atoms with Crippen LogP contribution in [-0.4, -0.2) is 33.8 Å². The van der Waals surface area contributed by atoms with Gasteiger partial charge in [-0.05, 0) is 55.2 Å². The van der Waals surface area contributed by atoms with E-state index in [1.165, 1.54) is 18.7 Å². The number of ether oxygens (including phenoxy) is 2. The summed E-state index contributed by atoms with van der Waals surface area (Å²) in [5, 5.41) is 6.56. The molecule has 0 saturated heterocycles. The highest BCUT2D eigenvalue weighted by atomic mass is 19.1. The molecular weight excluding hydrogens is 345 g/mol. The van der Waals surface area contributed by atoms with Crippen LogP contribution in [0.1, 0.15) is 29.7 Å². The van der Waals surface area contributed by atoms with Crippen LogP contribution in [0.5, 0.6) is 11.5 Å². The molecule has 6 heteroatoms. The molecule has 0 aliphatic carbocycles. The number of aliphatic imine (C=N–C) groups is 1. The first kappa shape index (κ1) is 20.6. The lowest BCUT2D eigenvalue weighted by molar-refractivity contribution is 0.386. The van der Waals surface area contributed by atoms with Crippen molar-refractivity contribution in [1.29, 1.82) is 0 Å². The topological polar surface area (TPSA) is 54.9 Å². The van der Waals surface area contributed by atoms with Gasteiger partial charge in [-0.25, -0.2) is 4.39 Å². The molecule has 0 aliphatic rings. The summed E-state index contributed by atoms with van der Waals surface area (Å²) in [5.74, 6) is 1.42. The van der Waals surface area contributed by atoms with Crippen molar-refractivity contribution < 1.29 is 13.9 Å². The summed E-state index contributed by atoms with van der Waals surface area (Å²) in [6.45, 7) is 4.70. The molecule has 5 nitrogen and oxygen atoms in total. The summed E-state index contributed by atoms with van der Waals surface area (Å²) < 4.78 is 24.2. The Balaban J connectivity index is 1.91. The van der Waals surface area contributed by atoms with Crippen molar-refractivity contribution in [3.05, 3.63) is 58.9 Å². The number of hydrogen-bond acceptors (Lipinski definition) is 3. The Labute approximate surface area is 160 Å². The molecule has 0 radical (unpaired) electrons. The average Bonchev–Trinajstić information content (AvgIpc) is 2.68. The zero-order chi connectivity index (χ0) is 19.8. The van der Waals surface area contributed by atoms with Gasteiger partial charge >= 0.3 is 0 Å². The predicted molar refractivity (Wildman–Crippen MR) is 107 cm³/mol. The van der Waals surface area contributed by atoms with E-state index < -0.39 is 0 Å². The molecule has 0 bridgehead atoms. The first-order chi connectivity index (χ1) is 13.0. The largest absolute Gasteiger partial charge is 0.496 e. The van der Waals surface area contributed by atoms with Gasteiger partial charge in [-0.2, -0.15) is 0 Å². The number of hydrogen-bond donors (Lipinski definition) is 2. The fourth-order valence-electron chi connectivity index (χ4n) is 2.78. The lowest BCUT2D eigenvalue weighted by Crippen LogP contribution is -2.39. The van der Waals surface area contributed by atoms with E-state index in [9.17, 15) is 4.39 Å². The van der Waals surface area contributed by atoms with E-state index in [-0.39, 0.29) is 17.6 Å². The Bertz CT molecular complexity index is 793. The van der Waals surface area contributed by atoms with E-state index in [4.69, 9.17) is 9.47 Å². The number of rotatable bonds is 7. The average molecular weight is 373 g/mol. The molecule has 0 saturated carbocycles. The van der Waals surface area contributed by atoms with E-state index in [0.29, 0.717) is 5.96 Å². The number of aryl methyl sites for hydroxylation is 1. The number of benzene rings is 2. The summed E-state index contributed by atoms with van der Waals surface area (Å²) >= 11 is 0. The van der Waals surface area contributed by atoms with Gasteiger partial charge < -0.3 is 20.1 Å². The van der Waals surface area contributed by atoms with Crippen molar-refractivity contribution in [3.8, 4) is 11.5 Å². The van der Waals surface area contributed by atoms with Crippen molar-refractivity contribution >= 4 is 5.96 Å². The van der Waals surface area contributed by atoms with E-state index in [1.807, 2.05) is 19.9 Å². The lowest BCUT2D eigenvalue weighted by atomic mass is 10.1. The Hall–Kier alpha value is -2.76. The smallest absolute Gasteiger partial charge is 0.191 e. The number of halogens is 1. The van der Waals surface area contributed by atoms with Gasteiger partial charge in [0.2, 0.25) is 0 Å². The fourth-order valence-corrected chi connectivity index (χ4v) is 2.78. The van der Waals surface area contributed by atoms with Crippen molar-refractivity contribution in [2.75, 3.05) is 27.8 Å². The third-order valence-electron chi connectivity index (χ3n) is 4.43. The lowest BCUT2D eigenvalue weighted by Gasteiger charge is -2.19. The molecule has 0 heterocycles. The molecule has 146 valence electrons. The molecule has 0 aromatic heterocycles. The normalized spacial score (nSPS) is 12.4. The minimum Gasteiger partial charge on any atom is -0.496 e. The van der Waals surface area contributed by atoms with Crippen molar-refractivity contribution in [2.24, 2.45) is 4.99 Å². The van der Waals surface area contributed by atoms with E-state index in [1.54, 1.807) is 20.2 Å². The summed E-state index contributed by atoms with van der Waals surface area (Å²) in [6.07, 6.45) is 0.836. The molecule has 2 aromatic rings. The summed E-state index contributed by atoms with van der Waals surface area (Å²) in [7, 11) is 4.85. The van der Waals surface area contributed by atoms with Crippen LogP contribution in [0.25, 0.3) is 0 Å². The Morgan fingerprint density at radius 1 is 1.11 bits per heavy atom. The quantitative estimate of drug-likeness (QED) is 0.575. The maximum atomic E-state index is 13.9. The van der Waals surface area contributed by atoms with Crippen molar-refractivity contribution in [2.45, 2.75) is 26.3 Å². The van der Waals surface area contributed by atoms with Crippen LogP contribution in [-0.2, 0) is 6.42 Å². The zero-order valence-electron chi connectivity index (χ0n) is 16.6. The van der Waals surface area contributed by atoms with Gasteiger partial charge in [0.1, 0.15) is 5.75 Å². The molecular formula is C21H28FN3O2. The van der Waals surface area contributed by atoms with Crippen LogP contribution in [0.3, 0.4) is 0 Å². The molecule has 0 spiro atoms. The van der Waals surface area contributed by atoms with E-state index >= 15 is 0 Å². The van der Waals surface area contributed by atoms with E-state index in [2.05, 4.69) is 33.8 Å². The maximum absolute atomic E-state index is 13.9. The van der Waals surface area contributed by atoms with Crippen molar-refractivity contribution in [1.82, 2.24) is 10.6 Å². The molecule has 2 rings (SSSR count). The van der Waals surface area contributed by atoms with Gasteiger partial charge in [-0.15, -0.1) is 0 Å². The van der Waals surface area contributed by atoms with Crippen LogP contribution < -0.4 is 20.1 Å². The SMILES string of the molecule is CN=C(NCCc1ccc(C)c(OC)c1)NC(C)c1ccc(OC)c(F)c1. The summed E-state index contributed by atoms with van der Waals surface area (Å²) in [4.78, 5) is 4.24. The standard InChI is InChI=1S/C21H28FN3O2/c1-14-6-7-16(12-20(14)27-5)10-11-24-21(23-3)25-15(2)17-8-9-19(26-4)18(22)13-17/h6-9,12-13,15H,10-11H2,1-5H3,(H2,23,24,25). The van der Waals surface area contributed by atoms with Crippen LogP contribution in [0.4, 0.5) is 4.39 Å². The minimum atomic E-state index is -0.375. The van der Waals surface area contributed by atoms with Gasteiger partial charge in [0.25, 0.3) is 0 Å². The number of guanidine groups is 1. The van der Waals surface area contributed by atoms with Crippen LogP contribution in [0, 0.1) is 12.7 Å². The zero-order valence-corrected chi connectivity index (χ0v) is 16.6. The highest BCUT2D eigenvalue weighted by Crippen LogP contribution is 2.22. The van der Waals surface area contributed by atoms with Crippen LogP contribution in [0.2, 0.25) is 0 Å². The number of nitrogens with one attached hydrogen (secondary N) is 2. The summed E-state index contributed by atoms with van der Waals surface area (Å²) in [6, 6.07) is 11.0. The molecule has 1 unspecified atom stereocenters. The third kappa shape index (κ3) is 5.61. The van der Waals surface area contributed by atoms with Gasteiger partial charge in [-0.1, -0.05) is 18.2 Å². The maximum Gasteiger partial charge on any atom is 0.191 e. The second-order valence-corrected chi connectivity index (χ2v) is 6.31. The molecule has 2 aromatic carbocycles. The summed E-state index contributed by atoms with van der Waals surface area (Å²) in [5.41, 5.74) is 3.12. The molecule has 0 fully saturated rings. The molecule has 0 amide bonds. The van der Waals surface area contributed by atoms with E-state index in [0.717, 1.165) is 29.8 Å². The number of methoxy groups -OCH3 is 2. The number of nitrogens with zero attached hydrogens (tertiary/aromatic N) is 1. The second kappa shape index (κ2) is 9.80. The third-order valence-corrected chi connectivity index (χ3v) is 4.43. The predicted octanol–water partition coefficient (Wildman–Crippen LogP) is 3.62. The van der Waals surface area contributed by atoms with Gasteiger partial charge in [0, 0.05) is 13.6 Å². The minimum absolute atomic E-state index is 0.101. The van der Waals surface area contributed by atoms with Crippen LogP contribution >= 0.6 is 0 Å². The molecule has 1 atom stereocenters. The highest BCUT2D eigenvalue weighted by Gasteiger charge is 2.11. The first-order valence-electron chi connectivity index (χ1n) is 8.92. The Morgan fingerprint density at radius 2 is 1.85 bits per heavy atom. The van der Waals surface area contributed by atoms with Gasteiger partial charge in [0.05, 0.1) is 20.3 Å². The Kier molecular flexibility index (Phi) is 7.46. The van der Waals surface area contributed by atoms with Gasteiger partial charge in [0.15, 0.2) is 17.5 Å². The second-order valence-electron chi connectivity index (χ2n) is 6.31. The van der Waals surface area contributed by atoms with Gasteiger partial charge in [-0.3, -0.25) is 4.99 Å².